The number of sulfonamides is 1. The van der Waals surface area contributed by atoms with Crippen molar-refractivity contribution in [1.82, 2.24) is 4.72 Å². The van der Waals surface area contributed by atoms with Crippen molar-refractivity contribution in [3.63, 3.8) is 0 Å². The van der Waals surface area contributed by atoms with E-state index in [-0.39, 0.29) is 21.5 Å². The molecule has 90 valence electrons. The van der Waals surface area contributed by atoms with Crippen molar-refractivity contribution in [3.05, 3.63) is 41.4 Å². The van der Waals surface area contributed by atoms with Crippen LogP contribution in [0, 0.1) is 11.3 Å². The van der Waals surface area contributed by atoms with Gasteiger partial charge in [0.05, 0.1) is 15.5 Å². The second kappa shape index (κ2) is 5.32. The number of halogens is 1. The van der Waals surface area contributed by atoms with Crippen LogP contribution in [-0.4, -0.2) is 14.5 Å². The molecule has 1 atom stereocenters. The SMILES string of the molecule is C=CC(C)NS(=O)(=O)c1ccc(C#N)c(Cl)c1. The van der Waals surface area contributed by atoms with Crippen molar-refractivity contribution in [2.24, 2.45) is 0 Å². The van der Waals surface area contributed by atoms with E-state index in [9.17, 15) is 8.42 Å². The fourth-order valence-corrected chi connectivity index (χ4v) is 2.64. The van der Waals surface area contributed by atoms with Crippen LogP contribution >= 0.6 is 11.6 Å². The zero-order valence-electron chi connectivity index (χ0n) is 9.14. The second-order valence-electron chi connectivity index (χ2n) is 3.40. The Kier molecular flexibility index (Phi) is 4.29. The third kappa shape index (κ3) is 3.30. The van der Waals surface area contributed by atoms with Crippen LogP contribution in [0.2, 0.25) is 5.02 Å². The number of nitriles is 1. The maximum Gasteiger partial charge on any atom is 0.241 e. The number of nitrogens with zero attached hydrogens (tertiary/aromatic N) is 1. The normalized spacial score (nSPS) is 12.8. The summed E-state index contributed by atoms with van der Waals surface area (Å²) in [5.41, 5.74) is 0.238. The summed E-state index contributed by atoms with van der Waals surface area (Å²) in [5, 5.41) is 8.80. The molecule has 6 heteroatoms. The Labute approximate surface area is 106 Å². The highest BCUT2D eigenvalue weighted by Crippen LogP contribution is 2.20. The average molecular weight is 271 g/mol. The third-order valence-electron chi connectivity index (χ3n) is 2.07. The highest BCUT2D eigenvalue weighted by Gasteiger charge is 2.17. The molecule has 0 bridgehead atoms. The third-order valence-corrected chi connectivity index (χ3v) is 3.94. The first-order chi connectivity index (χ1) is 7.90. The molecule has 0 spiro atoms. The summed E-state index contributed by atoms with van der Waals surface area (Å²) in [4.78, 5) is 0.0233. The summed E-state index contributed by atoms with van der Waals surface area (Å²) >= 11 is 5.77. The molecular formula is C11H11ClN2O2S. The topological polar surface area (TPSA) is 70.0 Å². The van der Waals surface area contributed by atoms with Gasteiger partial charge in [-0.2, -0.15) is 5.26 Å². The van der Waals surface area contributed by atoms with Crippen LogP contribution < -0.4 is 4.72 Å². The van der Waals surface area contributed by atoms with Crippen molar-refractivity contribution >= 4 is 21.6 Å². The molecule has 0 saturated carbocycles. The van der Waals surface area contributed by atoms with Crippen molar-refractivity contribution in [2.45, 2.75) is 17.9 Å². The van der Waals surface area contributed by atoms with Crippen molar-refractivity contribution in [2.75, 3.05) is 0 Å². The van der Waals surface area contributed by atoms with E-state index in [4.69, 9.17) is 16.9 Å². The highest BCUT2D eigenvalue weighted by molar-refractivity contribution is 7.89. The monoisotopic (exact) mass is 270 g/mol. The van der Waals surface area contributed by atoms with Crippen LogP contribution in [0.25, 0.3) is 0 Å². The van der Waals surface area contributed by atoms with Gasteiger partial charge in [0.1, 0.15) is 6.07 Å². The zero-order valence-corrected chi connectivity index (χ0v) is 10.7. The minimum absolute atomic E-state index is 0.0233. The first kappa shape index (κ1) is 13.7. The lowest BCUT2D eigenvalue weighted by atomic mass is 10.2. The summed E-state index contributed by atoms with van der Waals surface area (Å²) in [6.45, 7) is 5.15. The van der Waals surface area contributed by atoms with E-state index in [1.807, 2.05) is 6.07 Å². The minimum atomic E-state index is -3.63. The molecule has 0 aliphatic carbocycles. The number of hydrogen-bond donors (Lipinski definition) is 1. The molecule has 17 heavy (non-hydrogen) atoms. The van der Waals surface area contributed by atoms with E-state index in [1.54, 1.807) is 6.92 Å². The molecule has 1 rings (SSSR count). The summed E-state index contributed by atoms with van der Waals surface area (Å²) in [6, 6.07) is 5.44. The summed E-state index contributed by atoms with van der Waals surface area (Å²) < 4.78 is 26.1. The molecule has 1 N–H and O–H groups in total. The average Bonchev–Trinajstić information content (AvgIpc) is 2.28. The smallest absolute Gasteiger partial charge is 0.207 e. The molecule has 0 heterocycles. The van der Waals surface area contributed by atoms with Crippen LogP contribution in [0.15, 0.2) is 35.7 Å². The van der Waals surface area contributed by atoms with Gasteiger partial charge in [0.25, 0.3) is 0 Å². The van der Waals surface area contributed by atoms with Gasteiger partial charge in [0, 0.05) is 6.04 Å². The van der Waals surface area contributed by atoms with E-state index in [0.717, 1.165) is 0 Å². The lowest BCUT2D eigenvalue weighted by Gasteiger charge is -2.10. The quantitative estimate of drug-likeness (QED) is 0.852. The Bertz CT molecular complexity index is 576. The molecule has 0 aromatic heterocycles. The lowest BCUT2D eigenvalue weighted by molar-refractivity contribution is 0.576. The van der Waals surface area contributed by atoms with Gasteiger partial charge in [-0.1, -0.05) is 17.7 Å². The first-order valence-corrected chi connectivity index (χ1v) is 6.61. The molecule has 1 aromatic carbocycles. The van der Waals surface area contributed by atoms with Gasteiger partial charge in [-0.15, -0.1) is 6.58 Å². The predicted octanol–water partition coefficient (Wildman–Crippen LogP) is 2.06. The summed E-state index contributed by atoms with van der Waals surface area (Å²) in [6.07, 6.45) is 1.48. The molecule has 1 aromatic rings. The predicted molar refractivity (Wildman–Crippen MR) is 66.1 cm³/mol. The van der Waals surface area contributed by atoms with E-state index < -0.39 is 10.0 Å². The molecule has 0 saturated heterocycles. The molecule has 4 nitrogen and oxygen atoms in total. The zero-order chi connectivity index (χ0) is 13.1. The van der Waals surface area contributed by atoms with Gasteiger partial charge in [-0.3, -0.25) is 0 Å². The van der Waals surface area contributed by atoms with Gasteiger partial charge in [0.2, 0.25) is 10.0 Å². The molecule has 0 aliphatic heterocycles. The molecule has 0 amide bonds. The fraction of sp³-hybridized carbons (Fsp3) is 0.182. The summed E-state index contributed by atoms with van der Waals surface area (Å²) in [7, 11) is -3.63. The molecule has 1 unspecified atom stereocenters. The maximum atomic E-state index is 11.9. The highest BCUT2D eigenvalue weighted by atomic mass is 35.5. The first-order valence-electron chi connectivity index (χ1n) is 4.75. The van der Waals surface area contributed by atoms with Crippen LogP contribution in [0.5, 0.6) is 0 Å². The lowest BCUT2D eigenvalue weighted by Crippen LogP contribution is -2.30. The van der Waals surface area contributed by atoms with Gasteiger partial charge in [0.15, 0.2) is 0 Å². The van der Waals surface area contributed by atoms with Crippen LogP contribution in [0.1, 0.15) is 12.5 Å². The van der Waals surface area contributed by atoms with Gasteiger partial charge in [-0.05, 0) is 25.1 Å². The Morgan fingerprint density at radius 2 is 2.24 bits per heavy atom. The van der Waals surface area contributed by atoms with Crippen LogP contribution in [0.4, 0.5) is 0 Å². The summed E-state index contributed by atoms with van der Waals surface area (Å²) in [5.74, 6) is 0. The molecule has 0 aliphatic rings. The van der Waals surface area contributed by atoms with Gasteiger partial charge >= 0.3 is 0 Å². The number of nitrogens with one attached hydrogen (secondary N) is 1. The Morgan fingerprint density at radius 1 is 1.59 bits per heavy atom. The number of benzene rings is 1. The van der Waals surface area contributed by atoms with Crippen LogP contribution in [0.3, 0.4) is 0 Å². The van der Waals surface area contributed by atoms with Crippen molar-refractivity contribution < 1.29 is 8.42 Å². The van der Waals surface area contributed by atoms with E-state index in [2.05, 4.69) is 11.3 Å². The van der Waals surface area contributed by atoms with E-state index >= 15 is 0 Å². The standard InChI is InChI=1S/C11H11ClN2O2S/c1-3-8(2)14-17(15,16)10-5-4-9(7-13)11(12)6-10/h3-6,8,14H,1H2,2H3. The molecule has 0 radical (unpaired) electrons. The minimum Gasteiger partial charge on any atom is -0.207 e. The Balaban J connectivity index is 3.13. The van der Waals surface area contributed by atoms with Crippen molar-refractivity contribution in [1.29, 1.82) is 5.26 Å². The second-order valence-corrected chi connectivity index (χ2v) is 5.52. The van der Waals surface area contributed by atoms with Crippen LogP contribution in [-0.2, 0) is 10.0 Å². The van der Waals surface area contributed by atoms with E-state index in [1.165, 1.54) is 24.3 Å². The maximum absolute atomic E-state index is 11.9. The largest absolute Gasteiger partial charge is 0.241 e. The van der Waals surface area contributed by atoms with Gasteiger partial charge in [-0.25, -0.2) is 13.1 Å². The van der Waals surface area contributed by atoms with E-state index in [0.29, 0.717) is 0 Å². The number of rotatable bonds is 4. The molecule has 0 fully saturated rings. The van der Waals surface area contributed by atoms with Gasteiger partial charge < -0.3 is 0 Å². The van der Waals surface area contributed by atoms with Crippen molar-refractivity contribution in [3.8, 4) is 6.07 Å². The number of hydrogen-bond acceptors (Lipinski definition) is 3. The Morgan fingerprint density at radius 3 is 2.71 bits per heavy atom. The molecular weight excluding hydrogens is 260 g/mol. The fourth-order valence-electron chi connectivity index (χ4n) is 1.11. The Hall–Kier alpha value is -1.35.